The van der Waals surface area contributed by atoms with Crippen LogP contribution in [0.2, 0.25) is 0 Å². The highest BCUT2D eigenvalue weighted by Crippen LogP contribution is 2.22. The van der Waals surface area contributed by atoms with Crippen molar-refractivity contribution in [3.8, 4) is 5.75 Å². The molecular weight excluding hydrogens is 298 g/mol. The predicted molar refractivity (Wildman–Crippen MR) is 97.4 cm³/mol. The van der Waals surface area contributed by atoms with Crippen molar-refractivity contribution in [1.82, 2.24) is 0 Å². The lowest BCUT2D eigenvalue weighted by atomic mass is 10.0. The molecule has 2 aromatic rings. The third-order valence-electron chi connectivity index (χ3n) is 4.30. The Morgan fingerprint density at radius 3 is 2.58 bits per heavy atom. The van der Waals surface area contributed by atoms with Gasteiger partial charge in [-0.25, -0.2) is 0 Å². The summed E-state index contributed by atoms with van der Waals surface area (Å²) in [6.07, 6.45) is 5.98. The van der Waals surface area contributed by atoms with E-state index >= 15 is 0 Å². The smallest absolute Gasteiger partial charge is 0.133 e. The Morgan fingerprint density at radius 2 is 1.83 bits per heavy atom. The molecule has 0 aliphatic carbocycles. The number of hydrogen-bond acceptors (Lipinski definition) is 3. The maximum atomic E-state index is 5.83. The molecule has 0 aromatic heterocycles. The van der Waals surface area contributed by atoms with Crippen molar-refractivity contribution in [3.05, 3.63) is 65.7 Å². The Balaban J connectivity index is 1.50. The van der Waals surface area contributed by atoms with E-state index in [1.165, 1.54) is 24.8 Å². The zero-order chi connectivity index (χ0) is 16.6. The van der Waals surface area contributed by atoms with Gasteiger partial charge in [0.25, 0.3) is 0 Å². The molecule has 0 amide bonds. The van der Waals surface area contributed by atoms with Crippen molar-refractivity contribution in [1.29, 1.82) is 0 Å². The first-order valence-electron chi connectivity index (χ1n) is 8.85. The van der Waals surface area contributed by atoms with Gasteiger partial charge in [-0.15, -0.1) is 0 Å². The van der Waals surface area contributed by atoms with Gasteiger partial charge < -0.3 is 9.57 Å². The molecular formula is C21H25NO2. The number of ether oxygens (including phenoxy) is 1. The van der Waals surface area contributed by atoms with Gasteiger partial charge in [-0.1, -0.05) is 55.3 Å². The Kier molecular flexibility index (Phi) is 5.89. The highest BCUT2D eigenvalue weighted by atomic mass is 16.6. The molecule has 1 aliphatic heterocycles. The summed E-state index contributed by atoms with van der Waals surface area (Å²) in [5.74, 6) is 0.876. The molecule has 3 heteroatoms. The van der Waals surface area contributed by atoms with Crippen molar-refractivity contribution in [2.75, 3.05) is 0 Å². The van der Waals surface area contributed by atoms with E-state index in [1.807, 2.05) is 30.3 Å². The maximum absolute atomic E-state index is 5.83. The van der Waals surface area contributed by atoms with Crippen molar-refractivity contribution >= 4 is 5.71 Å². The molecule has 126 valence electrons. The zero-order valence-corrected chi connectivity index (χ0v) is 14.3. The molecule has 0 saturated heterocycles. The summed E-state index contributed by atoms with van der Waals surface area (Å²) in [7, 11) is 0. The van der Waals surface area contributed by atoms with Crippen LogP contribution in [0.5, 0.6) is 5.75 Å². The lowest BCUT2D eigenvalue weighted by molar-refractivity contribution is 0.0771. The van der Waals surface area contributed by atoms with Crippen molar-refractivity contribution < 1.29 is 9.57 Å². The number of oxime groups is 1. The first kappa shape index (κ1) is 16.6. The van der Waals surface area contributed by atoms with Crippen molar-refractivity contribution in [3.63, 3.8) is 0 Å². The minimum atomic E-state index is 0.251. The number of nitrogens with zero attached hydrogens (tertiary/aromatic N) is 1. The van der Waals surface area contributed by atoms with Crippen LogP contribution in [0.25, 0.3) is 0 Å². The maximum Gasteiger partial charge on any atom is 0.133 e. The Hall–Kier alpha value is -2.29. The third-order valence-corrected chi connectivity index (χ3v) is 4.30. The van der Waals surface area contributed by atoms with Gasteiger partial charge in [0.15, 0.2) is 0 Å². The van der Waals surface area contributed by atoms with E-state index in [2.05, 4.69) is 36.3 Å². The minimum Gasteiger partial charge on any atom is -0.489 e. The van der Waals surface area contributed by atoms with Crippen LogP contribution in [0.3, 0.4) is 0 Å². The third kappa shape index (κ3) is 4.60. The van der Waals surface area contributed by atoms with Crippen molar-refractivity contribution in [2.24, 2.45) is 5.16 Å². The van der Waals surface area contributed by atoms with Gasteiger partial charge in [0.1, 0.15) is 18.5 Å². The standard InChI is InChI=1S/C21H25NO2/c1-2-3-5-10-20-15-21(22-24-20)18-11-13-19(14-12-18)23-16-17-8-6-4-7-9-17/h4,6-9,11-14,20H,2-3,5,10,15-16H2,1H3/t20-/m1/s1. The fourth-order valence-corrected chi connectivity index (χ4v) is 2.86. The van der Waals surface area contributed by atoms with Crippen LogP contribution in [-0.4, -0.2) is 11.8 Å². The number of hydrogen-bond donors (Lipinski definition) is 0. The number of unbranched alkanes of at least 4 members (excludes halogenated alkanes) is 2. The van der Waals surface area contributed by atoms with Crippen LogP contribution < -0.4 is 4.74 Å². The normalized spacial score (nSPS) is 16.5. The molecule has 1 atom stereocenters. The molecule has 1 aliphatic rings. The molecule has 2 aromatic carbocycles. The van der Waals surface area contributed by atoms with Crippen LogP contribution in [0.4, 0.5) is 0 Å². The van der Waals surface area contributed by atoms with Crippen LogP contribution in [0.1, 0.15) is 50.2 Å². The second-order valence-corrected chi connectivity index (χ2v) is 6.26. The van der Waals surface area contributed by atoms with Gasteiger partial charge in [-0.3, -0.25) is 0 Å². The summed E-state index contributed by atoms with van der Waals surface area (Å²) in [4.78, 5) is 5.56. The lowest BCUT2D eigenvalue weighted by Gasteiger charge is -2.08. The summed E-state index contributed by atoms with van der Waals surface area (Å²) < 4.78 is 5.83. The number of rotatable bonds is 8. The van der Waals surface area contributed by atoms with Crippen LogP contribution >= 0.6 is 0 Å². The predicted octanol–water partition coefficient (Wildman–Crippen LogP) is 5.34. The van der Waals surface area contributed by atoms with Crippen molar-refractivity contribution in [2.45, 2.75) is 51.7 Å². The average molecular weight is 323 g/mol. The molecule has 0 bridgehead atoms. The van der Waals surface area contributed by atoms with E-state index in [4.69, 9.17) is 9.57 Å². The minimum absolute atomic E-state index is 0.251. The van der Waals surface area contributed by atoms with E-state index in [9.17, 15) is 0 Å². The van der Waals surface area contributed by atoms with Gasteiger partial charge in [0.2, 0.25) is 0 Å². The van der Waals surface area contributed by atoms with E-state index < -0.39 is 0 Å². The quantitative estimate of drug-likeness (QED) is 0.614. The number of benzene rings is 2. The molecule has 1 heterocycles. The molecule has 0 saturated carbocycles. The van der Waals surface area contributed by atoms with Crippen LogP contribution in [0, 0.1) is 0 Å². The molecule has 3 rings (SSSR count). The Morgan fingerprint density at radius 1 is 1.04 bits per heavy atom. The van der Waals surface area contributed by atoms with Gasteiger partial charge >= 0.3 is 0 Å². The highest BCUT2D eigenvalue weighted by Gasteiger charge is 2.21. The SMILES string of the molecule is CCCCC[C@@H]1CC(c2ccc(OCc3ccccc3)cc2)=NO1. The van der Waals surface area contributed by atoms with E-state index in [0.717, 1.165) is 29.9 Å². The molecule has 0 fully saturated rings. The first-order chi connectivity index (χ1) is 11.8. The molecule has 0 spiro atoms. The first-order valence-corrected chi connectivity index (χ1v) is 8.85. The zero-order valence-electron chi connectivity index (χ0n) is 14.3. The fraction of sp³-hybridized carbons (Fsp3) is 0.381. The van der Waals surface area contributed by atoms with Gasteiger partial charge in [-0.05, 0) is 48.2 Å². The monoisotopic (exact) mass is 323 g/mol. The Labute approximate surface area is 144 Å². The summed E-state index contributed by atoms with van der Waals surface area (Å²) in [5, 5.41) is 4.27. The highest BCUT2D eigenvalue weighted by molar-refractivity contribution is 6.01. The van der Waals surface area contributed by atoms with E-state index in [0.29, 0.717) is 6.61 Å². The van der Waals surface area contributed by atoms with E-state index in [1.54, 1.807) is 0 Å². The summed E-state index contributed by atoms with van der Waals surface area (Å²) in [6.45, 7) is 2.81. The van der Waals surface area contributed by atoms with Gasteiger partial charge in [0, 0.05) is 6.42 Å². The second kappa shape index (κ2) is 8.53. The summed E-state index contributed by atoms with van der Waals surface area (Å²) in [6, 6.07) is 18.3. The second-order valence-electron chi connectivity index (χ2n) is 6.26. The van der Waals surface area contributed by atoms with E-state index in [-0.39, 0.29) is 6.10 Å². The van der Waals surface area contributed by atoms with Crippen LogP contribution in [-0.2, 0) is 11.4 Å². The average Bonchev–Trinajstić information content (AvgIpc) is 3.10. The van der Waals surface area contributed by atoms with Gasteiger partial charge in [0.05, 0.1) is 5.71 Å². The largest absolute Gasteiger partial charge is 0.489 e. The summed E-state index contributed by atoms with van der Waals surface area (Å²) >= 11 is 0. The lowest BCUT2D eigenvalue weighted by Crippen LogP contribution is -2.08. The molecule has 0 N–H and O–H groups in total. The molecule has 24 heavy (non-hydrogen) atoms. The topological polar surface area (TPSA) is 30.8 Å². The van der Waals surface area contributed by atoms with Crippen LogP contribution in [0.15, 0.2) is 59.8 Å². The Bertz CT molecular complexity index is 649. The molecule has 3 nitrogen and oxygen atoms in total. The molecule has 0 radical (unpaired) electrons. The summed E-state index contributed by atoms with van der Waals surface area (Å²) in [5.41, 5.74) is 3.34. The molecule has 0 unspecified atom stereocenters. The fourth-order valence-electron chi connectivity index (χ4n) is 2.86. The van der Waals surface area contributed by atoms with Gasteiger partial charge in [-0.2, -0.15) is 0 Å².